The lowest BCUT2D eigenvalue weighted by Gasteiger charge is -2.11. The summed E-state index contributed by atoms with van der Waals surface area (Å²) in [7, 11) is 1.59. The molecule has 0 saturated heterocycles. The molecular formula is C22H17ClN2O4. The van der Waals surface area contributed by atoms with Crippen molar-refractivity contribution in [2.75, 3.05) is 12.4 Å². The van der Waals surface area contributed by atoms with Crippen molar-refractivity contribution in [2.45, 2.75) is 6.92 Å². The summed E-state index contributed by atoms with van der Waals surface area (Å²) in [6.07, 6.45) is 1.59. The van der Waals surface area contributed by atoms with Crippen molar-refractivity contribution >= 4 is 34.2 Å². The third-order valence-electron chi connectivity index (χ3n) is 4.40. The highest BCUT2D eigenvalue weighted by Crippen LogP contribution is 2.31. The summed E-state index contributed by atoms with van der Waals surface area (Å²) in [6, 6.07) is 15.7. The number of methoxy groups -OCH3 is 1. The first-order valence-electron chi connectivity index (χ1n) is 8.82. The fourth-order valence-corrected chi connectivity index (χ4v) is 3.08. The lowest BCUT2D eigenvalue weighted by Crippen LogP contribution is -2.13. The summed E-state index contributed by atoms with van der Waals surface area (Å²) >= 11 is 6.05. The van der Waals surface area contributed by atoms with Crippen molar-refractivity contribution in [1.82, 2.24) is 4.98 Å². The number of ether oxygens (including phenoxy) is 2. The van der Waals surface area contributed by atoms with Crippen LogP contribution in [-0.4, -0.2) is 18.0 Å². The number of hydrogen-bond acceptors (Lipinski definition) is 5. The van der Waals surface area contributed by atoms with Gasteiger partial charge in [-0.25, -0.2) is 4.98 Å². The number of furan rings is 1. The van der Waals surface area contributed by atoms with Gasteiger partial charge in [0.15, 0.2) is 5.76 Å². The zero-order chi connectivity index (χ0) is 20.4. The Morgan fingerprint density at radius 3 is 2.62 bits per heavy atom. The van der Waals surface area contributed by atoms with Crippen LogP contribution in [0.25, 0.3) is 11.0 Å². The number of anilines is 1. The topological polar surface area (TPSA) is 73.6 Å². The van der Waals surface area contributed by atoms with Crippen molar-refractivity contribution < 1.29 is 18.7 Å². The van der Waals surface area contributed by atoms with E-state index in [-0.39, 0.29) is 11.6 Å². The smallest absolute Gasteiger partial charge is 0.291 e. The van der Waals surface area contributed by atoms with E-state index in [9.17, 15) is 4.79 Å². The highest BCUT2D eigenvalue weighted by atomic mass is 35.5. The van der Waals surface area contributed by atoms with Crippen LogP contribution < -0.4 is 14.8 Å². The Hall–Kier alpha value is -3.51. The van der Waals surface area contributed by atoms with Crippen LogP contribution >= 0.6 is 11.6 Å². The number of nitrogens with one attached hydrogen (secondary N) is 1. The Kier molecular flexibility index (Phi) is 5.10. The molecule has 1 N–H and O–H groups in total. The van der Waals surface area contributed by atoms with Crippen molar-refractivity contribution in [2.24, 2.45) is 0 Å². The van der Waals surface area contributed by atoms with E-state index in [1.165, 1.54) is 0 Å². The zero-order valence-electron chi connectivity index (χ0n) is 15.7. The maximum absolute atomic E-state index is 12.8. The number of carbonyl (C=O) groups is 1. The van der Waals surface area contributed by atoms with Crippen molar-refractivity contribution in [3.8, 4) is 17.4 Å². The number of pyridine rings is 1. The maximum atomic E-state index is 12.8. The van der Waals surface area contributed by atoms with Crippen LogP contribution in [-0.2, 0) is 0 Å². The number of rotatable bonds is 5. The molecule has 6 nitrogen and oxygen atoms in total. The predicted octanol–water partition coefficient (Wildman–Crippen LogP) is 5.84. The van der Waals surface area contributed by atoms with E-state index in [0.29, 0.717) is 33.4 Å². The molecule has 0 atom stereocenters. The number of aromatic nitrogens is 1. The van der Waals surface area contributed by atoms with Crippen LogP contribution in [0.2, 0.25) is 5.02 Å². The van der Waals surface area contributed by atoms with Gasteiger partial charge in [0.05, 0.1) is 7.11 Å². The summed E-state index contributed by atoms with van der Waals surface area (Å²) in [6.45, 7) is 1.81. The Morgan fingerprint density at radius 1 is 1.10 bits per heavy atom. The van der Waals surface area contributed by atoms with Crippen LogP contribution in [0.1, 0.15) is 16.1 Å². The molecule has 7 heteroatoms. The van der Waals surface area contributed by atoms with Gasteiger partial charge >= 0.3 is 0 Å². The fraction of sp³-hybridized carbons (Fsp3) is 0.0909. The maximum Gasteiger partial charge on any atom is 0.291 e. The minimum absolute atomic E-state index is 0.210. The first kappa shape index (κ1) is 18.8. The average molecular weight is 409 g/mol. The zero-order valence-corrected chi connectivity index (χ0v) is 16.5. The average Bonchev–Trinajstić information content (AvgIpc) is 3.06. The van der Waals surface area contributed by atoms with Crippen LogP contribution in [0.5, 0.6) is 17.4 Å². The SMILES string of the molecule is COc1ccc(Oc2ncccc2NC(=O)c2oc3ccc(Cl)cc3c2C)cc1. The summed E-state index contributed by atoms with van der Waals surface area (Å²) in [5.41, 5.74) is 1.73. The molecule has 29 heavy (non-hydrogen) atoms. The van der Waals surface area contributed by atoms with Crippen LogP contribution in [0.3, 0.4) is 0 Å². The molecule has 0 aliphatic carbocycles. The number of amides is 1. The minimum Gasteiger partial charge on any atom is -0.497 e. The van der Waals surface area contributed by atoms with E-state index < -0.39 is 5.91 Å². The normalized spacial score (nSPS) is 10.7. The third kappa shape index (κ3) is 3.88. The van der Waals surface area contributed by atoms with Gasteiger partial charge in [-0.2, -0.15) is 0 Å². The summed E-state index contributed by atoms with van der Waals surface area (Å²) < 4.78 is 16.7. The molecule has 4 aromatic rings. The molecule has 0 unspecified atom stereocenters. The van der Waals surface area contributed by atoms with Gasteiger partial charge in [0.2, 0.25) is 5.88 Å². The molecule has 4 rings (SSSR count). The summed E-state index contributed by atoms with van der Waals surface area (Å²) in [5.74, 6) is 1.36. The number of fused-ring (bicyclic) bond motifs is 1. The fourth-order valence-electron chi connectivity index (χ4n) is 2.91. The first-order chi connectivity index (χ1) is 14.0. The number of aryl methyl sites for hydroxylation is 1. The molecule has 0 aliphatic rings. The quantitative estimate of drug-likeness (QED) is 0.449. The third-order valence-corrected chi connectivity index (χ3v) is 4.63. The van der Waals surface area contributed by atoms with Crippen LogP contribution in [0, 0.1) is 6.92 Å². The van der Waals surface area contributed by atoms with Crippen LogP contribution in [0.4, 0.5) is 5.69 Å². The monoisotopic (exact) mass is 408 g/mol. The predicted molar refractivity (Wildman–Crippen MR) is 111 cm³/mol. The standard InChI is InChI=1S/C22H17ClN2O4/c1-13-17-12-14(23)5-10-19(17)29-20(13)21(26)25-18-4-3-11-24-22(18)28-16-8-6-15(27-2)7-9-16/h3-12H,1-2H3,(H,25,26). The Bertz CT molecular complexity index is 1190. The lowest BCUT2D eigenvalue weighted by molar-refractivity contribution is 0.0997. The largest absolute Gasteiger partial charge is 0.497 e. The molecule has 1 amide bonds. The van der Waals surface area contributed by atoms with Crippen molar-refractivity contribution in [3.05, 3.63) is 77.1 Å². The second-order valence-corrected chi connectivity index (χ2v) is 6.72. The van der Waals surface area contributed by atoms with E-state index in [1.807, 2.05) is 6.92 Å². The Morgan fingerprint density at radius 2 is 1.86 bits per heavy atom. The molecule has 2 heterocycles. The van der Waals surface area contributed by atoms with Gasteiger partial charge in [0.1, 0.15) is 22.8 Å². The van der Waals surface area contributed by atoms with E-state index >= 15 is 0 Å². The van der Waals surface area contributed by atoms with Gasteiger partial charge in [-0.05, 0) is 61.5 Å². The second-order valence-electron chi connectivity index (χ2n) is 6.28. The van der Waals surface area contributed by atoms with Crippen LogP contribution in [0.15, 0.2) is 65.2 Å². The number of nitrogens with zero attached hydrogens (tertiary/aromatic N) is 1. The van der Waals surface area contributed by atoms with E-state index in [1.54, 1.807) is 67.9 Å². The lowest BCUT2D eigenvalue weighted by atomic mass is 10.1. The number of halogens is 1. The van der Waals surface area contributed by atoms with Crippen molar-refractivity contribution in [3.63, 3.8) is 0 Å². The highest BCUT2D eigenvalue weighted by Gasteiger charge is 2.19. The number of benzene rings is 2. The van der Waals surface area contributed by atoms with Crippen molar-refractivity contribution in [1.29, 1.82) is 0 Å². The molecule has 0 radical (unpaired) electrons. The second kappa shape index (κ2) is 7.85. The van der Waals surface area contributed by atoms with E-state index in [2.05, 4.69) is 10.3 Å². The van der Waals surface area contributed by atoms with Gasteiger partial charge in [0.25, 0.3) is 5.91 Å². The van der Waals surface area contributed by atoms with Gasteiger partial charge < -0.3 is 19.2 Å². The minimum atomic E-state index is -0.401. The molecule has 2 aromatic heterocycles. The Balaban J connectivity index is 1.59. The molecule has 0 aliphatic heterocycles. The highest BCUT2D eigenvalue weighted by molar-refractivity contribution is 6.31. The van der Waals surface area contributed by atoms with Gasteiger partial charge in [0, 0.05) is 22.2 Å². The molecular weight excluding hydrogens is 392 g/mol. The van der Waals surface area contributed by atoms with E-state index in [4.69, 9.17) is 25.5 Å². The van der Waals surface area contributed by atoms with Gasteiger partial charge in [-0.15, -0.1) is 0 Å². The molecule has 0 spiro atoms. The summed E-state index contributed by atoms with van der Waals surface area (Å²) in [4.78, 5) is 17.1. The molecule has 0 bridgehead atoms. The Labute approximate surface area is 172 Å². The summed E-state index contributed by atoms with van der Waals surface area (Å²) in [5, 5.41) is 4.18. The van der Waals surface area contributed by atoms with Gasteiger partial charge in [-0.1, -0.05) is 11.6 Å². The first-order valence-corrected chi connectivity index (χ1v) is 9.20. The van der Waals surface area contributed by atoms with Gasteiger partial charge in [-0.3, -0.25) is 4.79 Å². The number of carbonyl (C=O) groups excluding carboxylic acids is 1. The van der Waals surface area contributed by atoms with E-state index in [0.717, 1.165) is 5.39 Å². The molecule has 146 valence electrons. The molecule has 2 aromatic carbocycles. The molecule has 0 fully saturated rings. The molecule has 0 saturated carbocycles. The number of hydrogen-bond donors (Lipinski definition) is 1.